The van der Waals surface area contributed by atoms with Gasteiger partial charge in [-0.25, -0.2) is 4.39 Å². The molecule has 5 rings (SSSR count). The number of halogens is 1. The van der Waals surface area contributed by atoms with Crippen LogP contribution in [-0.2, 0) is 0 Å². The van der Waals surface area contributed by atoms with Crippen molar-refractivity contribution in [2.75, 3.05) is 26.5 Å². The van der Waals surface area contributed by atoms with Crippen molar-refractivity contribution in [1.29, 1.82) is 0 Å². The molecule has 0 aromatic heterocycles. The number of nitrogens with zero attached hydrogens (tertiary/aromatic N) is 2. The van der Waals surface area contributed by atoms with Crippen LogP contribution in [0.3, 0.4) is 0 Å². The molecule has 8 heteroatoms. The summed E-state index contributed by atoms with van der Waals surface area (Å²) in [5.41, 5.74) is 6.30. The van der Waals surface area contributed by atoms with E-state index in [1.54, 1.807) is 18.2 Å². The fraction of sp³-hybridized carbons (Fsp3) is 0.241. The number of nitroso groups, excluding NO2 is 1. The van der Waals surface area contributed by atoms with Gasteiger partial charge in [0.2, 0.25) is 0 Å². The Labute approximate surface area is 220 Å². The van der Waals surface area contributed by atoms with Gasteiger partial charge in [0, 0.05) is 27.3 Å². The van der Waals surface area contributed by atoms with Crippen molar-refractivity contribution in [3.8, 4) is 22.6 Å². The third kappa shape index (κ3) is 4.51. The highest BCUT2D eigenvalue weighted by Gasteiger charge is 2.33. The highest BCUT2D eigenvalue weighted by atomic mass is 32.2. The molecular weight excluding hydrogens is 489 g/mol. The standard InChI is InChI=1S/C29H28FN3O3S/c1-16-15-29(2,3)31-20-10-9-19-26(25(16)20)23(13-17-7-8-18(30)14-24(17)37-33(4)5)36-22-12-11-21(32-34)28(35-6)27(19)22/h7-15,31H,1-6H3/b23-13-. The summed E-state index contributed by atoms with van der Waals surface area (Å²) >= 11 is 1.44. The van der Waals surface area contributed by atoms with E-state index in [0.717, 1.165) is 38.4 Å². The molecule has 190 valence electrons. The molecule has 1 N–H and O–H groups in total. The Morgan fingerprint density at radius 3 is 2.59 bits per heavy atom. The van der Waals surface area contributed by atoms with Gasteiger partial charge >= 0.3 is 0 Å². The van der Waals surface area contributed by atoms with Gasteiger partial charge in [-0.15, -0.1) is 4.91 Å². The summed E-state index contributed by atoms with van der Waals surface area (Å²) in [4.78, 5) is 12.3. The van der Waals surface area contributed by atoms with E-state index in [1.165, 1.54) is 31.2 Å². The lowest BCUT2D eigenvalue weighted by Gasteiger charge is -2.35. The first kappa shape index (κ1) is 25.0. The molecule has 0 fully saturated rings. The largest absolute Gasteiger partial charge is 0.494 e. The minimum Gasteiger partial charge on any atom is -0.494 e. The smallest absolute Gasteiger partial charge is 0.159 e. The average molecular weight is 518 g/mol. The van der Waals surface area contributed by atoms with Crippen LogP contribution in [0, 0.1) is 10.7 Å². The summed E-state index contributed by atoms with van der Waals surface area (Å²) < 4.78 is 28.3. The van der Waals surface area contributed by atoms with Gasteiger partial charge in [0.05, 0.1) is 18.2 Å². The van der Waals surface area contributed by atoms with E-state index in [0.29, 0.717) is 22.8 Å². The van der Waals surface area contributed by atoms with Crippen LogP contribution in [0.25, 0.3) is 28.5 Å². The fourth-order valence-corrected chi connectivity index (χ4v) is 5.86. The zero-order valence-corrected chi connectivity index (χ0v) is 22.4. The maximum absolute atomic E-state index is 14.2. The molecule has 6 nitrogen and oxygen atoms in total. The van der Waals surface area contributed by atoms with Gasteiger partial charge in [0.15, 0.2) is 11.4 Å². The molecule has 37 heavy (non-hydrogen) atoms. The first-order valence-corrected chi connectivity index (χ1v) is 12.6. The van der Waals surface area contributed by atoms with Crippen molar-refractivity contribution in [3.05, 3.63) is 76.0 Å². The molecule has 0 saturated carbocycles. The van der Waals surface area contributed by atoms with Gasteiger partial charge < -0.3 is 14.8 Å². The van der Waals surface area contributed by atoms with E-state index in [1.807, 2.05) is 36.6 Å². The van der Waals surface area contributed by atoms with Crippen molar-refractivity contribution in [2.45, 2.75) is 31.2 Å². The molecule has 3 aromatic rings. The molecule has 0 spiro atoms. The maximum atomic E-state index is 14.2. The molecule has 0 saturated heterocycles. The van der Waals surface area contributed by atoms with Crippen LogP contribution in [0.1, 0.15) is 37.5 Å². The monoisotopic (exact) mass is 517 g/mol. The summed E-state index contributed by atoms with van der Waals surface area (Å²) in [5.74, 6) is 1.24. The second kappa shape index (κ2) is 9.36. The van der Waals surface area contributed by atoms with E-state index in [2.05, 4.69) is 37.3 Å². The second-order valence-corrected chi connectivity index (χ2v) is 11.2. The number of allylic oxidation sites excluding steroid dienone is 1. The predicted octanol–water partition coefficient (Wildman–Crippen LogP) is 7.97. The van der Waals surface area contributed by atoms with Gasteiger partial charge in [-0.05, 0) is 99.5 Å². The SMILES string of the molecule is COc1c(N=O)ccc2c1-c1ccc3c(c1/C(=C/c1ccc(F)cc1SN(C)C)O2)C(C)=CC(C)(C)N3. The number of hydrogen-bond donors (Lipinski definition) is 1. The molecule has 0 bridgehead atoms. The molecule has 0 atom stereocenters. The molecule has 0 unspecified atom stereocenters. The molecule has 2 aliphatic rings. The number of fused-ring (bicyclic) bond motifs is 5. The Morgan fingerprint density at radius 2 is 1.89 bits per heavy atom. The third-order valence-electron chi connectivity index (χ3n) is 6.31. The Kier molecular flexibility index (Phi) is 6.33. The Bertz CT molecular complexity index is 1490. The van der Waals surface area contributed by atoms with E-state index >= 15 is 0 Å². The average Bonchev–Trinajstić information content (AvgIpc) is 2.83. The lowest BCUT2D eigenvalue weighted by atomic mass is 9.82. The van der Waals surface area contributed by atoms with E-state index in [-0.39, 0.29) is 17.0 Å². The van der Waals surface area contributed by atoms with E-state index < -0.39 is 0 Å². The highest BCUT2D eigenvalue weighted by Crippen LogP contribution is 2.54. The van der Waals surface area contributed by atoms with Gasteiger partial charge in [-0.1, -0.05) is 18.2 Å². The van der Waals surface area contributed by atoms with Gasteiger partial charge in [-0.2, -0.15) is 0 Å². The van der Waals surface area contributed by atoms with E-state index in [9.17, 15) is 9.30 Å². The lowest BCUT2D eigenvalue weighted by molar-refractivity contribution is 0.413. The van der Waals surface area contributed by atoms with Crippen molar-refractivity contribution in [3.63, 3.8) is 0 Å². The molecule has 0 radical (unpaired) electrons. The zero-order chi connectivity index (χ0) is 26.5. The Hall–Kier alpha value is -3.62. The van der Waals surface area contributed by atoms with Crippen LogP contribution in [-0.4, -0.2) is 31.0 Å². The van der Waals surface area contributed by atoms with Crippen LogP contribution >= 0.6 is 11.9 Å². The summed E-state index contributed by atoms with van der Waals surface area (Å²) in [6.45, 7) is 6.33. The van der Waals surface area contributed by atoms with Crippen LogP contribution in [0.2, 0.25) is 0 Å². The summed E-state index contributed by atoms with van der Waals surface area (Å²) in [7, 11) is 5.35. The van der Waals surface area contributed by atoms with Gasteiger partial charge in [0.25, 0.3) is 0 Å². The number of hydrogen-bond acceptors (Lipinski definition) is 7. The number of methoxy groups -OCH3 is 1. The van der Waals surface area contributed by atoms with Gasteiger partial charge in [0.1, 0.15) is 17.3 Å². The van der Waals surface area contributed by atoms with Crippen LogP contribution in [0.15, 0.2) is 58.6 Å². The molecular formula is C29H28FN3O3S. The third-order valence-corrected chi connectivity index (χ3v) is 7.23. The first-order chi connectivity index (χ1) is 17.6. The van der Waals surface area contributed by atoms with Crippen molar-refractivity contribution in [1.82, 2.24) is 4.31 Å². The zero-order valence-electron chi connectivity index (χ0n) is 21.6. The summed E-state index contributed by atoms with van der Waals surface area (Å²) in [5, 5.41) is 6.77. The number of ether oxygens (including phenoxy) is 2. The molecule has 2 aliphatic heterocycles. The Morgan fingerprint density at radius 1 is 1.11 bits per heavy atom. The van der Waals surface area contributed by atoms with Crippen molar-refractivity contribution >= 4 is 40.7 Å². The molecule has 3 aromatic carbocycles. The summed E-state index contributed by atoms with van der Waals surface area (Å²) in [6.07, 6.45) is 4.13. The number of benzene rings is 3. The first-order valence-electron chi connectivity index (χ1n) is 11.9. The van der Waals surface area contributed by atoms with E-state index in [4.69, 9.17) is 9.47 Å². The fourth-order valence-electron chi connectivity index (χ4n) is 5.07. The minimum absolute atomic E-state index is 0.204. The van der Waals surface area contributed by atoms with Crippen LogP contribution in [0.4, 0.5) is 15.8 Å². The highest BCUT2D eigenvalue weighted by molar-refractivity contribution is 7.97. The number of anilines is 1. The topological polar surface area (TPSA) is 63.2 Å². The van der Waals surface area contributed by atoms with Crippen molar-refractivity contribution in [2.24, 2.45) is 5.18 Å². The number of rotatable bonds is 5. The molecule has 0 aliphatic carbocycles. The maximum Gasteiger partial charge on any atom is 0.159 e. The van der Waals surface area contributed by atoms with Gasteiger partial charge in [-0.3, -0.25) is 4.31 Å². The lowest BCUT2D eigenvalue weighted by Crippen LogP contribution is -2.32. The van der Waals surface area contributed by atoms with Crippen molar-refractivity contribution < 1.29 is 13.9 Å². The van der Waals surface area contributed by atoms with Crippen LogP contribution < -0.4 is 14.8 Å². The predicted molar refractivity (Wildman–Crippen MR) is 150 cm³/mol. The van der Waals surface area contributed by atoms with Crippen LogP contribution in [0.5, 0.6) is 11.5 Å². The second-order valence-electron chi connectivity index (χ2n) is 9.86. The normalized spacial score (nSPS) is 16.2. The minimum atomic E-state index is -0.303. The molecule has 0 amide bonds. The summed E-state index contributed by atoms with van der Waals surface area (Å²) in [6, 6.07) is 12.1. The Balaban J connectivity index is 1.82. The molecule has 2 heterocycles. The number of nitrogens with one attached hydrogen (secondary N) is 1. The quantitative estimate of drug-likeness (QED) is 0.274.